The molecule has 0 aliphatic carbocycles. The third kappa shape index (κ3) is 4.58. The maximum absolute atomic E-state index is 15.0. The van der Waals surface area contributed by atoms with E-state index in [4.69, 9.17) is 10.5 Å². The molecule has 3 aromatic heterocycles. The molecule has 0 atom stereocenters. The Morgan fingerprint density at radius 2 is 1.76 bits per heavy atom. The van der Waals surface area contributed by atoms with E-state index in [-0.39, 0.29) is 22.8 Å². The van der Waals surface area contributed by atoms with Gasteiger partial charge in [0, 0.05) is 48.0 Å². The van der Waals surface area contributed by atoms with Crippen LogP contribution in [-0.2, 0) is 6.54 Å². The van der Waals surface area contributed by atoms with Crippen LogP contribution in [0.1, 0.15) is 12.5 Å². The van der Waals surface area contributed by atoms with Crippen molar-refractivity contribution in [2.45, 2.75) is 20.4 Å². The summed E-state index contributed by atoms with van der Waals surface area (Å²) >= 11 is 0. The van der Waals surface area contributed by atoms with Crippen LogP contribution < -0.4 is 21.2 Å². The molecule has 0 unspecified atom stereocenters. The Morgan fingerprint density at radius 1 is 1.00 bits per heavy atom. The second-order valence-corrected chi connectivity index (χ2v) is 8.41. The van der Waals surface area contributed by atoms with E-state index in [9.17, 15) is 13.6 Å². The van der Waals surface area contributed by atoms with Crippen LogP contribution in [0.5, 0.6) is 11.5 Å². The van der Waals surface area contributed by atoms with Crippen molar-refractivity contribution in [3.8, 4) is 22.6 Å². The lowest BCUT2D eigenvalue weighted by Crippen LogP contribution is -2.14. The zero-order chi connectivity index (χ0) is 26.1. The molecule has 3 heterocycles. The highest BCUT2D eigenvalue weighted by molar-refractivity contribution is 5.93. The highest BCUT2D eigenvalue weighted by Gasteiger charge is 2.16. The van der Waals surface area contributed by atoms with Crippen molar-refractivity contribution >= 4 is 28.2 Å². The molecule has 0 spiro atoms. The van der Waals surface area contributed by atoms with Crippen molar-refractivity contribution < 1.29 is 13.5 Å². The SMILES string of the molecule is CCn1cc(-c2ccc(F)cc2)c(=O)c2c(Nc3ccc(Oc4ccnc(N)c4C)c(F)c3)nccc21. The summed E-state index contributed by atoms with van der Waals surface area (Å²) in [5.74, 6) is -0.0110. The lowest BCUT2D eigenvalue weighted by molar-refractivity contribution is 0.439. The largest absolute Gasteiger partial charge is 0.454 e. The van der Waals surface area contributed by atoms with Gasteiger partial charge in [0.15, 0.2) is 11.6 Å². The fraction of sp³-hybridized carbons (Fsp3) is 0.107. The summed E-state index contributed by atoms with van der Waals surface area (Å²) in [6, 6.07) is 13.5. The quantitative estimate of drug-likeness (QED) is 0.290. The van der Waals surface area contributed by atoms with Crippen molar-refractivity contribution in [3.63, 3.8) is 0 Å². The molecule has 0 saturated carbocycles. The molecular formula is C28H23F2N5O2. The number of nitrogens with one attached hydrogen (secondary N) is 1. The van der Waals surface area contributed by atoms with Crippen LogP contribution >= 0.6 is 0 Å². The Morgan fingerprint density at radius 3 is 2.49 bits per heavy atom. The number of hydrogen-bond acceptors (Lipinski definition) is 6. The molecule has 37 heavy (non-hydrogen) atoms. The van der Waals surface area contributed by atoms with Crippen molar-refractivity contribution in [1.29, 1.82) is 0 Å². The minimum atomic E-state index is -0.613. The van der Waals surface area contributed by atoms with Gasteiger partial charge in [0.25, 0.3) is 0 Å². The number of anilines is 3. The molecule has 5 rings (SSSR count). The number of rotatable bonds is 6. The number of hydrogen-bond donors (Lipinski definition) is 2. The van der Waals surface area contributed by atoms with Crippen LogP contribution in [0.25, 0.3) is 22.0 Å². The van der Waals surface area contributed by atoms with Gasteiger partial charge < -0.3 is 20.4 Å². The Kier molecular flexibility index (Phi) is 6.27. The summed E-state index contributed by atoms with van der Waals surface area (Å²) < 4.78 is 36.1. The summed E-state index contributed by atoms with van der Waals surface area (Å²) in [5, 5.41) is 3.41. The van der Waals surface area contributed by atoms with Crippen molar-refractivity contribution in [2.24, 2.45) is 0 Å². The third-order valence-corrected chi connectivity index (χ3v) is 6.10. The molecule has 0 bridgehead atoms. The van der Waals surface area contributed by atoms with Crippen molar-refractivity contribution in [1.82, 2.24) is 14.5 Å². The summed E-state index contributed by atoms with van der Waals surface area (Å²) in [7, 11) is 0. The fourth-order valence-corrected chi connectivity index (χ4v) is 4.09. The third-order valence-electron chi connectivity index (χ3n) is 6.10. The zero-order valence-corrected chi connectivity index (χ0v) is 20.1. The van der Waals surface area contributed by atoms with Gasteiger partial charge in [-0.2, -0.15) is 0 Å². The van der Waals surface area contributed by atoms with Crippen LogP contribution in [0, 0.1) is 18.6 Å². The van der Waals surface area contributed by atoms with Crippen LogP contribution in [0.2, 0.25) is 0 Å². The van der Waals surface area contributed by atoms with Gasteiger partial charge in [0.05, 0.1) is 10.9 Å². The smallest absolute Gasteiger partial charge is 0.200 e. The summed E-state index contributed by atoms with van der Waals surface area (Å²) in [6.45, 7) is 4.28. The van der Waals surface area contributed by atoms with Crippen molar-refractivity contribution in [3.05, 3.63) is 101 Å². The number of aryl methyl sites for hydroxylation is 1. The first-order valence-electron chi connectivity index (χ1n) is 11.6. The predicted molar refractivity (Wildman–Crippen MR) is 140 cm³/mol. The van der Waals surface area contributed by atoms with Crippen LogP contribution in [0.15, 0.2) is 78.0 Å². The molecule has 0 aliphatic heterocycles. The average Bonchev–Trinajstić information content (AvgIpc) is 2.89. The van der Waals surface area contributed by atoms with E-state index in [0.29, 0.717) is 51.4 Å². The summed E-state index contributed by atoms with van der Waals surface area (Å²) in [4.78, 5) is 21.9. The number of nitrogen functional groups attached to an aromatic ring is 1. The molecule has 2 aromatic carbocycles. The number of pyridine rings is 3. The van der Waals surface area contributed by atoms with Gasteiger partial charge in [0.2, 0.25) is 5.43 Å². The predicted octanol–water partition coefficient (Wildman–Crippen LogP) is 6.18. The number of ether oxygens (including phenoxy) is 1. The van der Waals surface area contributed by atoms with Crippen LogP contribution in [-0.4, -0.2) is 14.5 Å². The van der Waals surface area contributed by atoms with E-state index in [0.717, 1.165) is 0 Å². The maximum Gasteiger partial charge on any atom is 0.200 e. The minimum Gasteiger partial charge on any atom is -0.454 e. The molecule has 0 aliphatic rings. The molecular weight excluding hydrogens is 476 g/mol. The van der Waals surface area contributed by atoms with Crippen molar-refractivity contribution in [2.75, 3.05) is 11.1 Å². The van der Waals surface area contributed by atoms with Gasteiger partial charge in [-0.1, -0.05) is 12.1 Å². The standard InChI is InChI=1S/C28H23F2N5O2/c1-3-35-15-20(17-4-6-18(29)7-5-17)26(36)25-22(35)10-12-33-28(25)34-19-8-9-24(21(30)14-19)37-23-11-13-32-27(31)16(23)2/h4-15H,3H2,1-2H3,(H2,31,32)(H,33,34). The van der Waals surface area contributed by atoms with Gasteiger partial charge in [-0.25, -0.2) is 18.7 Å². The van der Waals surface area contributed by atoms with E-state index < -0.39 is 5.82 Å². The lowest BCUT2D eigenvalue weighted by atomic mass is 10.0. The topological polar surface area (TPSA) is 95.1 Å². The first-order valence-corrected chi connectivity index (χ1v) is 11.6. The number of nitrogens with zero attached hydrogens (tertiary/aromatic N) is 3. The molecule has 186 valence electrons. The molecule has 0 fully saturated rings. The number of nitrogens with two attached hydrogens (primary N) is 1. The first kappa shape index (κ1) is 23.9. The highest BCUT2D eigenvalue weighted by Crippen LogP contribution is 2.32. The fourth-order valence-electron chi connectivity index (χ4n) is 4.09. The number of halogens is 2. The number of benzene rings is 2. The summed E-state index contributed by atoms with van der Waals surface area (Å²) in [6.07, 6.45) is 4.82. The molecule has 3 N–H and O–H groups in total. The zero-order valence-electron chi connectivity index (χ0n) is 20.1. The molecule has 5 aromatic rings. The Labute approximate surface area is 211 Å². The second kappa shape index (κ2) is 9.69. The second-order valence-electron chi connectivity index (χ2n) is 8.41. The van der Waals surface area contributed by atoms with Gasteiger partial charge in [-0.15, -0.1) is 0 Å². The van der Waals surface area contributed by atoms with E-state index >= 15 is 0 Å². The van der Waals surface area contributed by atoms with Gasteiger partial charge in [0.1, 0.15) is 23.2 Å². The Bertz CT molecular complexity index is 1680. The molecule has 7 nitrogen and oxygen atoms in total. The minimum absolute atomic E-state index is 0.0112. The van der Waals surface area contributed by atoms with E-state index in [1.807, 2.05) is 11.5 Å². The van der Waals surface area contributed by atoms with Crippen LogP contribution in [0.4, 0.5) is 26.1 Å². The molecule has 9 heteroatoms. The molecule has 0 radical (unpaired) electrons. The van der Waals surface area contributed by atoms with Gasteiger partial charge >= 0.3 is 0 Å². The number of aromatic nitrogens is 3. The van der Waals surface area contributed by atoms with Gasteiger partial charge in [-0.3, -0.25) is 4.79 Å². The highest BCUT2D eigenvalue weighted by atomic mass is 19.1. The maximum atomic E-state index is 15.0. The average molecular weight is 500 g/mol. The van der Waals surface area contributed by atoms with E-state index in [1.54, 1.807) is 49.6 Å². The summed E-state index contributed by atoms with van der Waals surface area (Å²) in [5.41, 5.74) is 8.19. The Hall–Kier alpha value is -4.79. The van der Waals surface area contributed by atoms with Crippen LogP contribution in [0.3, 0.4) is 0 Å². The molecule has 0 amide bonds. The number of fused-ring (bicyclic) bond motifs is 1. The lowest BCUT2D eigenvalue weighted by Gasteiger charge is -2.15. The molecule has 0 saturated heterocycles. The monoisotopic (exact) mass is 499 g/mol. The first-order chi connectivity index (χ1) is 17.9. The van der Waals surface area contributed by atoms with E-state index in [1.165, 1.54) is 30.5 Å². The van der Waals surface area contributed by atoms with Gasteiger partial charge in [-0.05, 0) is 55.8 Å². The Balaban J connectivity index is 1.54. The van der Waals surface area contributed by atoms with E-state index in [2.05, 4.69) is 15.3 Å². The normalized spacial score (nSPS) is 11.0.